The SMILES string of the molecule is CC(C)(C)C(=O)NCCC[C@H](NS(=O)(=O)c1ccc(-c2ccc(Cl)cc2)cc1)C(=O)O. The van der Waals surface area contributed by atoms with Gasteiger partial charge in [0.25, 0.3) is 0 Å². The first-order chi connectivity index (χ1) is 14.4. The van der Waals surface area contributed by atoms with E-state index in [0.29, 0.717) is 11.4 Å². The molecule has 0 bridgehead atoms. The minimum absolute atomic E-state index is 0.0301. The minimum Gasteiger partial charge on any atom is -0.480 e. The fourth-order valence-corrected chi connectivity index (χ4v) is 4.08. The number of carboxylic acid groups (broad SMARTS) is 1. The largest absolute Gasteiger partial charge is 0.480 e. The normalized spacial score (nSPS) is 12.9. The van der Waals surface area contributed by atoms with Crippen molar-refractivity contribution in [2.24, 2.45) is 5.41 Å². The van der Waals surface area contributed by atoms with E-state index in [2.05, 4.69) is 10.0 Å². The second kappa shape index (κ2) is 10.3. The molecule has 0 aliphatic heterocycles. The highest BCUT2D eigenvalue weighted by Gasteiger charge is 2.26. The summed E-state index contributed by atoms with van der Waals surface area (Å²) in [5, 5.41) is 12.7. The topological polar surface area (TPSA) is 113 Å². The molecule has 31 heavy (non-hydrogen) atoms. The maximum atomic E-state index is 12.7. The predicted octanol–water partition coefficient (Wildman–Crippen LogP) is 3.68. The minimum atomic E-state index is -4.03. The lowest BCUT2D eigenvalue weighted by atomic mass is 9.96. The van der Waals surface area contributed by atoms with Gasteiger partial charge in [-0.1, -0.05) is 56.6 Å². The zero-order valence-electron chi connectivity index (χ0n) is 17.7. The van der Waals surface area contributed by atoms with E-state index in [1.807, 2.05) is 12.1 Å². The van der Waals surface area contributed by atoms with Crippen LogP contribution in [0.4, 0.5) is 0 Å². The van der Waals surface area contributed by atoms with E-state index in [1.165, 1.54) is 12.1 Å². The molecule has 9 heteroatoms. The molecule has 168 valence electrons. The van der Waals surface area contributed by atoms with Gasteiger partial charge < -0.3 is 10.4 Å². The number of sulfonamides is 1. The number of hydrogen-bond acceptors (Lipinski definition) is 4. The van der Waals surface area contributed by atoms with E-state index in [1.54, 1.807) is 45.0 Å². The number of aliphatic carboxylic acids is 1. The van der Waals surface area contributed by atoms with Crippen molar-refractivity contribution in [2.45, 2.75) is 44.6 Å². The van der Waals surface area contributed by atoms with Crippen molar-refractivity contribution < 1.29 is 23.1 Å². The summed E-state index contributed by atoms with van der Waals surface area (Å²) in [5.41, 5.74) is 1.13. The van der Waals surface area contributed by atoms with Crippen LogP contribution in [0.1, 0.15) is 33.6 Å². The van der Waals surface area contributed by atoms with Crippen molar-refractivity contribution in [1.29, 1.82) is 0 Å². The number of halogens is 1. The number of carbonyl (C=O) groups excluding carboxylic acids is 1. The van der Waals surface area contributed by atoms with Crippen molar-refractivity contribution in [2.75, 3.05) is 6.54 Å². The molecule has 0 saturated carbocycles. The molecule has 0 spiro atoms. The molecular formula is C22H27ClN2O5S. The standard InChI is InChI=1S/C22H27ClN2O5S/c1-22(2,3)21(28)24-14-4-5-19(20(26)27)25-31(29,30)18-12-8-16(9-13-18)15-6-10-17(23)11-7-15/h6-13,19,25H,4-5,14H2,1-3H3,(H,24,28)(H,26,27)/t19-/m0/s1. The zero-order chi connectivity index (χ0) is 23.2. The third kappa shape index (κ3) is 7.34. The summed E-state index contributed by atoms with van der Waals surface area (Å²) in [5.74, 6) is -1.43. The first-order valence-corrected chi connectivity index (χ1v) is 11.7. The van der Waals surface area contributed by atoms with Crippen molar-refractivity contribution in [3.8, 4) is 11.1 Å². The number of amides is 1. The molecule has 2 aromatic rings. The zero-order valence-corrected chi connectivity index (χ0v) is 19.3. The summed E-state index contributed by atoms with van der Waals surface area (Å²) >= 11 is 5.88. The maximum absolute atomic E-state index is 12.7. The number of benzene rings is 2. The molecule has 1 atom stereocenters. The number of hydrogen-bond donors (Lipinski definition) is 3. The number of carbonyl (C=O) groups is 2. The van der Waals surface area contributed by atoms with E-state index >= 15 is 0 Å². The van der Waals surface area contributed by atoms with Crippen LogP contribution in [0.25, 0.3) is 11.1 Å². The van der Waals surface area contributed by atoms with E-state index in [-0.39, 0.29) is 23.8 Å². The highest BCUT2D eigenvalue weighted by Crippen LogP contribution is 2.23. The van der Waals surface area contributed by atoms with Gasteiger partial charge in [0.1, 0.15) is 6.04 Å². The fourth-order valence-electron chi connectivity index (χ4n) is 2.73. The van der Waals surface area contributed by atoms with Crippen molar-refractivity contribution in [3.63, 3.8) is 0 Å². The first-order valence-electron chi connectivity index (χ1n) is 9.79. The average molecular weight is 467 g/mol. The summed E-state index contributed by atoms with van der Waals surface area (Å²) in [4.78, 5) is 23.4. The molecule has 0 unspecified atom stereocenters. The Hall–Kier alpha value is -2.42. The third-order valence-electron chi connectivity index (χ3n) is 4.57. The lowest BCUT2D eigenvalue weighted by Crippen LogP contribution is -2.41. The van der Waals surface area contributed by atoms with Crippen LogP contribution in [-0.4, -0.2) is 38.0 Å². The van der Waals surface area contributed by atoms with Crippen LogP contribution < -0.4 is 10.0 Å². The Bertz CT molecular complexity index is 1010. The maximum Gasteiger partial charge on any atom is 0.321 e. The molecule has 0 heterocycles. The Balaban J connectivity index is 2.01. The average Bonchev–Trinajstić information content (AvgIpc) is 2.70. The van der Waals surface area contributed by atoms with Gasteiger partial charge in [-0.05, 0) is 48.2 Å². The fraction of sp³-hybridized carbons (Fsp3) is 0.364. The molecule has 0 radical (unpaired) electrons. The molecule has 0 aliphatic carbocycles. The molecule has 7 nitrogen and oxygen atoms in total. The predicted molar refractivity (Wildman–Crippen MR) is 120 cm³/mol. The molecule has 0 fully saturated rings. The van der Waals surface area contributed by atoms with Gasteiger partial charge in [-0.15, -0.1) is 0 Å². The monoisotopic (exact) mass is 466 g/mol. The Morgan fingerprint density at radius 1 is 1.00 bits per heavy atom. The Morgan fingerprint density at radius 2 is 1.52 bits per heavy atom. The van der Waals surface area contributed by atoms with Crippen LogP contribution in [0, 0.1) is 5.41 Å². The first kappa shape index (κ1) is 24.8. The van der Waals surface area contributed by atoms with Crippen LogP contribution in [0.15, 0.2) is 53.4 Å². The van der Waals surface area contributed by atoms with Crippen LogP contribution in [0.5, 0.6) is 0 Å². The summed E-state index contributed by atoms with van der Waals surface area (Å²) in [6.07, 6.45) is 0.360. The molecule has 0 aliphatic rings. The van der Waals surface area contributed by atoms with E-state index in [9.17, 15) is 23.1 Å². The van der Waals surface area contributed by atoms with Crippen LogP contribution >= 0.6 is 11.6 Å². The number of rotatable bonds is 9. The van der Waals surface area contributed by atoms with E-state index in [0.717, 1.165) is 11.1 Å². The highest BCUT2D eigenvalue weighted by molar-refractivity contribution is 7.89. The molecule has 0 aromatic heterocycles. The molecular weight excluding hydrogens is 440 g/mol. The van der Waals surface area contributed by atoms with Gasteiger partial charge in [-0.3, -0.25) is 9.59 Å². The van der Waals surface area contributed by atoms with Crippen LogP contribution in [-0.2, 0) is 19.6 Å². The lowest BCUT2D eigenvalue weighted by molar-refractivity contribution is -0.139. The van der Waals surface area contributed by atoms with E-state index in [4.69, 9.17) is 11.6 Å². The van der Waals surface area contributed by atoms with Crippen molar-refractivity contribution in [3.05, 3.63) is 53.6 Å². The summed E-state index contributed by atoms with van der Waals surface area (Å²) in [6.45, 7) is 5.58. The summed E-state index contributed by atoms with van der Waals surface area (Å²) in [6, 6.07) is 12.0. The molecule has 3 N–H and O–H groups in total. The smallest absolute Gasteiger partial charge is 0.321 e. The number of carboxylic acids is 1. The van der Waals surface area contributed by atoms with Gasteiger partial charge in [0.15, 0.2) is 0 Å². The van der Waals surface area contributed by atoms with Gasteiger partial charge in [0.2, 0.25) is 15.9 Å². The molecule has 2 aromatic carbocycles. The third-order valence-corrected chi connectivity index (χ3v) is 6.31. The number of nitrogens with one attached hydrogen (secondary N) is 2. The molecule has 2 rings (SSSR count). The second-order valence-electron chi connectivity index (χ2n) is 8.19. The van der Waals surface area contributed by atoms with Crippen molar-refractivity contribution in [1.82, 2.24) is 10.0 Å². The lowest BCUT2D eigenvalue weighted by Gasteiger charge is -2.18. The summed E-state index contributed by atoms with van der Waals surface area (Å²) in [7, 11) is -4.03. The van der Waals surface area contributed by atoms with Crippen molar-refractivity contribution >= 4 is 33.5 Å². The Labute approximate surface area is 187 Å². The van der Waals surface area contributed by atoms with E-state index < -0.39 is 27.4 Å². The highest BCUT2D eigenvalue weighted by atomic mass is 35.5. The summed E-state index contributed by atoms with van der Waals surface area (Å²) < 4.78 is 27.5. The van der Waals surface area contributed by atoms with Gasteiger partial charge in [0.05, 0.1) is 4.90 Å². The quantitative estimate of drug-likeness (QED) is 0.488. The van der Waals surface area contributed by atoms with Crippen LogP contribution in [0.2, 0.25) is 5.02 Å². The van der Waals surface area contributed by atoms with Crippen LogP contribution in [0.3, 0.4) is 0 Å². The second-order valence-corrected chi connectivity index (χ2v) is 10.3. The van der Waals surface area contributed by atoms with Gasteiger partial charge in [0, 0.05) is 17.0 Å². The molecule has 0 saturated heterocycles. The Kier molecular flexibility index (Phi) is 8.22. The van der Waals surface area contributed by atoms with Gasteiger partial charge in [-0.2, -0.15) is 4.72 Å². The van der Waals surface area contributed by atoms with Gasteiger partial charge in [-0.25, -0.2) is 8.42 Å². The molecule has 1 amide bonds. The Morgan fingerprint density at radius 3 is 2.00 bits per heavy atom. The van der Waals surface area contributed by atoms with Gasteiger partial charge >= 0.3 is 5.97 Å².